The molecular weight excluding hydrogens is 264 g/mol. The molecule has 0 aliphatic heterocycles. The zero-order valence-electron chi connectivity index (χ0n) is 9.86. The fraction of sp³-hybridized carbons (Fsp3) is 0.455. The molecule has 0 heterocycles. The van der Waals surface area contributed by atoms with E-state index in [1.54, 1.807) is 6.92 Å². The number of rotatable bonds is 6. The van der Waals surface area contributed by atoms with Crippen molar-refractivity contribution in [1.29, 1.82) is 0 Å². The van der Waals surface area contributed by atoms with E-state index in [-0.39, 0.29) is 12.2 Å². The fourth-order valence-corrected chi connectivity index (χ4v) is 2.86. The zero-order chi connectivity index (χ0) is 13.8. The number of hydrogen-bond donors (Lipinski definition) is 2. The van der Waals surface area contributed by atoms with Gasteiger partial charge in [0.1, 0.15) is 11.6 Å². The maximum atomic E-state index is 13.3. The molecule has 1 atom stereocenters. The van der Waals surface area contributed by atoms with Crippen molar-refractivity contribution >= 4 is 10.0 Å². The van der Waals surface area contributed by atoms with Gasteiger partial charge in [0.25, 0.3) is 0 Å². The predicted octanol–water partition coefficient (Wildman–Crippen LogP) is 1.16. The van der Waals surface area contributed by atoms with Crippen molar-refractivity contribution in [2.24, 2.45) is 0 Å². The Hall–Kier alpha value is -1.05. The number of hydrogen-bond acceptors (Lipinski definition) is 3. The summed E-state index contributed by atoms with van der Waals surface area (Å²) in [5.41, 5.74) is -0.114. The molecule has 0 spiro atoms. The summed E-state index contributed by atoms with van der Waals surface area (Å²) in [4.78, 5) is 0. The topological polar surface area (TPSA) is 66.4 Å². The molecule has 0 bridgehead atoms. The van der Waals surface area contributed by atoms with Crippen LogP contribution in [-0.2, 0) is 15.8 Å². The third-order valence-electron chi connectivity index (χ3n) is 2.42. The first-order valence-corrected chi connectivity index (χ1v) is 7.08. The molecule has 1 rings (SSSR count). The van der Waals surface area contributed by atoms with E-state index in [0.717, 1.165) is 12.1 Å². The van der Waals surface area contributed by atoms with Crippen LogP contribution in [0, 0.1) is 11.6 Å². The highest BCUT2D eigenvalue weighted by molar-refractivity contribution is 7.88. The van der Waals surface area contributed by atoms with Crippen LogP contribution in [0.3, 0.4) is 0 Å². The SMILES string of the molecule is CC[C@H](CO)NS(=O)(=O)Cc1ccc(F)cc1F. The van der Waals surface area contributed by atoms with E-state index in [2.05, 4.69) is 4.72 Å². The smallest absolute Gasteiger partial charge is 0.216 e. The molecule has 0 saturated carbocycles. The van der Waals surface area contributed by atoms with Crippen LogP contribution in [0.15, 0.2) is 18.2 Å². The lowest BCUT2D eigenvalue weighted by Gasteiger charge is -2.14. The van der Waals surface area contributed by atoms with Crippen LogP contribution >= 0.6 is 0 Å². The van der Waals surface area contributed by atoms with Crippen molar-refractivity contribution < 1.29 is 22.3 Å². The quantitative estimate of drug-likeness (QED) is 0.821. The number of sulfonamides is 1. The van der Waals surface area contributed by atoms with E-state index in [0.29, 0.717) is 12.5 Å². The van der Waals surface area contributed by atoms with Gasteiger partial charge in [-0.15, -0.1) is 0 Å². The lowest BCUT2D eigenvalue weighted by atomic mass is 10.2. The van der Waals surface area contributed by atoms with Gasteiger partial charge in [-0.3, -0.25) is 0 Å². The van der Waals surface area contributed by atoms with E-state index >= 15 is 0 Å². The summed E-state index contributed by atoms with van der Waals surface area (Å²) in [7, 11) is -3.77. The lowest BCUT2D eigenvalue weighted by Crippen LogP contribution is -2.37. The minimum Gasteiger partial charge on any atom is -0.395 e. The Bertz CT molecular complexity index is 501. The van der Waals surface area contributed by atoms with E-state index in [1.165, 1.54) is 0 Å². The molecule has 4 nitrogen and oxygen atoms in total. The summed E-state index contributed by atoms with van der Waals surface area (Å²) >= 11 is 0. The van der Waals surface area contributed by atoms with E-state index in [9.17, 15) is 17.2 Å². The number of benzene rings is 1. The molecule has 0 amide bonds. The van der Waals surface area contributed by atoms with Crippen LogP contribution < -0.4 is 4.72 Å². The van der Waals surface area contributed by atoms with E-state index in [4.69, 9.17) is 5.11 Å². The normalized spacial score (nSPS) is 13.6. The lowest BCUT2D eigenvalue weighted by molar-refractivity contribution is 0.253. The molecule has 7 heteroatoms. The Morgan fingerprint density at radius 1 is 1.39 bits per heavy atom. The summed E-state index contributed by atoms with van der Waals surface area (Å²) in [5.74, 6) is -2.25. The van der Waals surface area contributed by atoms with Gasteiger partial charge < -0.3 is 5.11 Å². The standard InChI is InChI=1S/C11H15F2NO3S/c1-2-10(6-15)14-18(16,17)7-8-3-4-9(12)5-11(8)13/h3-5,10,14-15H,2,6-7H2,1H3/t10-/m1/s1. The van der Waals surface area contributed by atoms with Crippen molar-refractivity contribution in [3.05, 3.63) is 35.4 Å². The van der Waals surface area contributed by atoms with Crippen LogP contribution in [0.1, 0.15) is 18.9 Å². The molecule has 1 aromatic rings. The maximum Gasteiger partial charge on any atom is 0.216 e. The summed E-state index contributed by atoms with van der Waals surface area (Å²) in [5, 5.41) is 8.90. The Kier molecular flexibility index (Phi) is 5.18. The van der Waals surface area contributed by atoms with Gasteiger partial charge in [-0.2, -0.15) is 0 Å². The number of aliphatic hydroxyl groups excluding tert-OH is 1. The molecule has 0 fully saturated rings. The van der Waals surface area contributed by atoms with Crippen LogP contribution in [0.25, 0.3) is 0 Å². The van der Waals surface area contributed by atoms with Crippen molar-refractivity contribution in [3.63, 3.8) is 0 Å². The molecule has 18 heavy (non-hydrogen) atoms. The van der Waals surface area contributed by atoms with Crippen molar-refractivity contribution in [2.45, 2.75) is 25.1 Å². The molecule has 2 N–H and O–H groups in total. The Labute approximate surface area is 105 Å². The van der Waals surface area contributed by atoms with Gasteiger partial charge in [-0.1, -0.05) is 13.0 Å². The largest absolute Gasteiger partial charge is 0.395 e. The van der Waals surface area contributed by atoms with Gasteiger partial charge in [-0.05, 0) is 12.5 Å². The van der Waals surface area contributed by atoms with Crippen LogP contribution in [-0.4, -0.2) is 26.2 Å². The molecule has 102 valence electrons. The predicted molar refractivity (Wildman–Crippen MR) is 63.3 cm³/mol. The third kappa shape index (κ3) is 4.32. The minimum atomic E-state index is -3.77. The molecule has 0 radical (unpaired) electrons. The molecular formula is C11H15F2NO3S. The van der Waals surface area contributed by atoms with Gasteiger partial charge in [-0.25, -0.2) is 21.9 Å². The summed E-state index contributed by atoms with van der Waals surface area (Å²) in [6, 6.07) is 2.12. The molecule has 1 aromatic carbocycles. The second-order valence-corrected chi connectivity index (χ2v) is 5.65. The van der Waals surface area contributed by atoms with Gasteiger partial charge in [0.15, 0.2) is 0 Å². The van der Waals surface area contributed by atoms with Crippen LogP contribution in [0.2, 0.25) is 0 Å². The Morgan fingerprint density at radius 2 is 2.06 bits per heavy atom. The Morgan fingerprint density at radius 3 is 2.56 bits per heavy atom. The van der Waals surface area contributed by atoms with Gasteiger partial charge in [0.05, 0.1) is 12.4 Å². The molecule has 0 saturated heterocycles. The summed E-state index contributed by atoms with van der Waals surface area (Å²) in [6.45, 7) is 1.38. The zero-order valence-corrected chi connectivity index (χ0v) is 10.7. The minimum absolute atomic E-state index is 0.114. The van der Waals surface area contributed by atoms with E-state index < -0.39 is 33.5 Å². The maximum absolute atomic E-state index is 13.3. The molecule has 0 aliphatic rings. The first-order chi connectivity index (χ1) is 8.38. The van der Waals surface area contributed by atoms with E-state index in [1.807, 2.05) is 0 Å². The highest BCUT2D eigenvalue weighted by Crippen LogP contribution is 2.12. The monoisotopic (exact) mass is 279 g/mol. The third-order valence-corrected chi connectivity index (χ3v) is 3.80. The van der Waals surface area contributed by atoms with Gasteiger partial charge in [0.2, 0.25) is 10.0 Å². The second-order valence-electron chi connectivity index (χ2n) is 3.90. The second kappa shape index (κ2) is 6.21. The summed E-state index contributed by atoms with van der Waals surface area (Å²) in [6.07, 6.45) is 0.418. The molecule has 0 aromatic heterocycles. The Balaban J connectivity index is 2.82. The molecule has 0 aliphatic carbocycles. The number of aliphatic hydroxyl groups is 1. The van der Waals surface area contributed by atoms with Gasteiger partial charge >= 0.3 is 0 Å². The average molecular weight is 279 g/mol. The van der Waals surface area contributed by atoms with Crippen molar-refractivity contribution in [1.82, 2.24) is 4.72 Å². The van der Waals surface area contributed by atoms with Crippen molar-refractivity contribution in [2.75, 3.05) is 6.61 Å². The highest BCUT2D eigenvalue weighted by atomic mass is 32.2. The summed E-state index contributed by atoms with van der Waals surface area (Å²) < 4.78 is 51.6. The van der Waals surface area contributed by atoms with Gasteiger partial charge in [0, 0.05) is 17.7 Å². The first-order valence-electron chi connectivity index (χ1n) is 5.42. The first kappa shape index (κ1) is 15.0. The number of nitrogens with one attached hydrogen (secondary N) is 1. The highest BCUT2D eigenvalue weighted by Gasteiger charge is 2.18. The fourth-order valence-electron chi connectivity index (χ4n) is 1.39. The number of halogens is 2. The van der Waals surface area contributed by atoms with Crippen LogP contribution in [0.4, 0.5) is 8.78 Å². The van der Waals surface area contributed by atoms with Crippen molar-refractivity contribution in [3.8, 4) is 0 Å². The average Bonchev–Trinajstić information content (AvgIpc) is 2.30. The molecule has 0 unspecified atom stereocenters. The van der Waals surface area contributed by atoms with Crippen LogP contribution in [0.5, 0.6) is 0 Å².